The zero-order valence-corrected chi connectivity index (χ0v) is 17.9. The number of hydrogen-bond acceptors (Lipinski definition) is 4. The van der Waals surface area contributed by atoms with Crippen LogP contribution in [0.4, 0.5) is 5.82 Å². The molecule has 1 aromatic heterocycles. The van der Waals surface area contributed by atoms with Crippen molar-refractivity contribution < 1.29 is 4.79 Å². The maximum Gasteiger partial charge on any atom is 0.225 e. The minimum Gasteiger partial charge on any atom is -0.352 e. The topological polar surface area (TPSA) is 49.3 Å². The van der Waals surface area contributed by atoms with E-state index < -0.39 is 0 Å². The second-order valence-corrected chi connectivity index (χ2v) is 8.68. The molecule has 0 atom stereocenters. The van der Waals surface area contributed by atoms with Gasteiger partial charge in [-0.3, -0.25) is 4.79 Å². The fraction of sp³-hybridized carbons (Fsp3) is 0.542. The van der Waals surface area contributed by atoms with Gasteiger partial charge >= 0.3 is 0 Å². The molecular weight excluding hydrogens is 360 g/mol. The van der Waals surface area contributed by atoms with Gasteiger partial charge < -0.3 is 9.80 Å². The van der Waals surface area contributed by atoms with E-state index in [-0.39, 0.29) is 5.92 Å². The van der Waals surface area contributed by atoms with Gasteiger partial charge in [0.25, 0.3) is 0 Å². The Hall–Kier alpha value is -2.43. The van der Waals surface area contributed by atoms with Crippen molar-refractivity contribution >= 4 is 11.7 Å². The molecule has 5 heteroatoms. The Bertz CT molecular complexity index is 863. The van der Waals surface area contributed by atoms with Crippen LogP contribution in [-0.2, 0) is 4.79 Å². The molecule has 2 aliphatic rings. The van der Waals surface area contributed by atoms with E-state index in [1.807, 2.05) is 0 Å². The lowest BCUT2D eigenvalue weighted by molar-refractivity contribution is -0.136. The highest BCUT2D eigenvalue weighted by molar-refractivity contribution is 5.79. The van der Waals surface area contributed by atoms with E-state index >= 15 is 0 Å². The van der Waals surface area contributed by atoms with E-state index in [0.29, 0.717) is 5.91 Å². The molecule has 2 aromatic rings. The van der Waals surface area contributed by atoms with Gasteiger partial charge in [0.05, 0.1) is 5.69 Å². The fourth-order valence-corrected chi connectivity index (χ4v) is 4.64. The van der Waals surface area contributed by atoms with E-state index in [0.717, 1.165) is 56.1 Å². The van der Waals surface area contributed by atoms with E-state index in [2.05, 4.69) is 65.0 Å². The Morgan fingerprint density at radius 1 is 0.862 bits per heavy atom. The number of amides is 1. The molecular formula is C24H32N4O. The van der Waals surface area contributed by atoms with Crippen LogP contribution in [0.2, 0.25) is 0 Å². The smallest absolute Gasteiger partial charge is 0.225 e. The molecule has 1 aliphatic carbocycles. The van der Waals surface area contributed by atoms with Crippen LogP contribution in [-0.4, -0.2) is 47.2 Å². The Morgan fingerprint density at radius 3 is 2.21 bits per heavy atom. The minimum absolute atomic E-state index is 0.260. The van der Waals surface area contributed by atoms with E-state index in [9.17, 15) is 4.79 Å². The average Bonchev–Trinajstić information content (AvgIpc) is 2.77. The van der Waals surface area contributed by atoms with Crippen LogP contribution in [0.1, 0.15) is 48.8 Å². The lowest BCUT2D eigenvalue weighted by Gasteiger charge is -2.37. The van der Waals surface area contributed by atoms with Gasteiger partial charge in [-0.2, -0.15) is 0 Å². The third-order valence-electron chi connectivity index (χ3n) is 6.64. The molecule has 1 saturated carbocycles. The lowest BCUT2D eigenvalue weighted by atomic mass is 9.88. The highest BCUT2D eigenvalue weighted by Gasteiger charge is 2.28. The van der Waals surface area contributed by atoms with Gasteiger partial charge in [-0.25, -0.2) is 0 Å². The van der Waals surface area contributed by atoms with Crippen LogP contribution in [0.3, 0.4) is 0 Å². The minimum atomic E-state index is 0.260. The molecule has 0 spiro atoms. The first kappa shape index (κ1) is 19.9. The number of aryl methyl sites for hydroxylation is 3. The van der Waals surface area contributed by atoms with Crippen molar-refractivity contribution in [1.82, 2.24) is 15.1 Å². The summed E-state index contributed by atoms with van der Waals surface area (Å²) < 4.78 is 0. The number of carbonyl (C=O) groups excluding carboxylic acids is 1. The van der Waals surface area contributed by atoms with Gasteiger partial charge in [0.2, 0.25) is 5.91 Å². The van der Waals surface area contributed by atoms with E-state index in [4.69, 9.17) is 0 Å². The van der Waals surface area contributed by atoms with Crippen molar-refractivity contribution in [2.75, 3.05) is 31.1 Å². The summed E-state index contributed by atoms with van der Waals surface area (Å²) in [5.41, 5.74) is 5.87. The average molecular weight is 393 g/mol. The maximum absolute atomic E-state index is 12.8. The predicted molar refractivity (Wildman–Crippen MR) is 117 cm³/mol. The summed E-state index contributed by atoms with van der Waals surface area (Å²) in [4.78, 5) is 17.1. The first-order chi connectivity index (χ1) is 14.0. The first-order valence-electron chi connectivity index (χ1n) is 11.0. The summed E-state index contributed by atoms with van der Waals surface area (Å²) in [5, 5.41) is 9.02. The number of nitrogens with zero attached hydrogens (tertiary/aromatic N) is 4. The van der Waals surface area contributed by atoms with Crippen molar-refractivity contribution in [3.8, 4) is 11.3 Å². The molecule has 2 fully saturated rings. The Kier molecular flexibility index (Phi) is 5.84. The largest absolute Gasteiger partial charge is 0.352 e. The first-order valence-corrected chi connectivity index (χ1v) is 11.0. The Morgan fingerprint density at radius 2 is 1.55 bits per heavy atom. The summed E-state index contributed by atoms with van der Waals surface area (Å²) in [7, 11) is 0. The summed E-state index contributed by atoms with van der Waals surface area (Å²) in [6, 6.07) is 8.54. The van der Waals surface area contributed by atoms with Gasteiger partial charge in [-0.1, -0.05) is 25.3 Å². The second kappa shape index (κ2) is 8.52. The van der Waals surface area contributed by atoms with E-state index in [1.165, 1.54) is 36.0 Å². The molecule has 1 aliphatic heterocycles. The second-order valence-electron chi connectivity index (χ2n) is 8.68. The normalized spacial score (nSPS) is 18.2. The molecule has 1 aromatic carbocycles. The zero-order chi connectivity index (χ0) is 20.4. The Balaban J connectivity index is 1.39. The van der Waals surface area contributed by atoms with Crippen molar-refractivity contribution in [3.63, 3.8) is 0 Å². The monoisotopic (exact) mass is 392 g/mol. The van der Waals surface area contributed by atoms with Crippen LogP contribution < -0.4 is 4.90 Å². The molecule has 1 amide bonds. The number of anilines is 1. The third kappa shape index (κ3) is 4.29. The van der Waals surface area contributed by atoms with Crippen LogP contribution in [0.5, 0.6) is 0 Å². The van der Waals surface area contributed by atoms with Crippen LogP contribution in [0, 0.1) is 26.7 Å². The zero-order valence-electron chi connectivity index (χ0n) is 17.9. The van der Waals surface area contributed by atoms with Crippen LogP contribution >= 0.6 is 0 Å². The molecule has 0 bridgehead atoms. The standard InChI is InChI=1S/C24H32N4O/c1-17-15-19(3)21(16-18(17)2)22-9-10-23(26-25-22)27-11-13-28(14-12-27)24(29)20-7-5-4-6-8-20/h9-10,15-16,20H,4-8,11-14H2,1-3H3. The third-order valence-corrected chi connectivity index (χ3v) is 6.64. The van der Waals surface area contributed by atoms with E-state index in [1.54, 1.807) is 0 Å². The number of benzene rings is 1. The number of rotatable bonds is 3. The molecule has 4 rings (SSSR count). The molecule has 5 nitrogen and oxygen atoms in total. The van der Waals surface area contributed by atoms with Gasteiger partial charge in [0.15, 0.2) is 5.82 Å². The molecule has 2 heterocycles. The highest BCUT2D eigenvalue weighted by Crippen LogP contribution is 2.27. The molecule has 154 valence electrons. The quantitative estimate of drug-likeness (QED) is 0.781. The van der Waals surface area contributed by atoms with Crippen LogP contribution in [0.25, 0.3) is 11.3 Å². The summed E-state index contributed by atoms with van der Waals surface area (Å²) >= 11 is 0. The van der Waals surface area contributed by atoms with Crippen molar-refractivity contribution in [1.29, 1.82) is 0 Å². The lowest BCUT2D eigenvalue weighted by Crippen LogP contribution is -2.50. The summed E-state index contributed by atoms with van der Waals surface area (Å²) in [6.07, 6.45) is 5.85. The van der Waals surface area contributed by atoms with Gasteiger partial charge in [-0.15, -0.1) is 10.2 Å². The van der Waals surface area contributed by atoms with Crippen LogP contribution in [0.15, 0.2) is 24.3 Å². The maximum atomic E-state index is 12.8. The summed E-state index contributed by atoms with van der Waals surface area (Å²) in [5.74, 6) is 1.53. The van der Waals surface area contributed by atoms with Gasteiger partial charge in [0.1, 0.15) is 0 Å². The molecule has 29 heavy (non-hydrogen) atoms. The number of hydrogen-bond donors (Lipinski definition) is 0. The number of aromatic nitrogens is 2. The van der Waals surface area contributed by atoms with Crippen molar-refractivity contribution in [2.45, 2.75) is 52.9 Å². The van der Waals surface area contributed by atoms with Crippen molar-refractivity contribution in [3.05, 3.63) is 41.0 Å². The number of carbonyl (C=O) groups is 1. The molecule has 0 N–H and O–H groups in total. The summed E-state index contributed by atoms with van der Waals surface area (Å²) in [6.45, 7) is 9.63. The number of piperazine rings is 1. The van der Waals surface area contributed by atoms with Gasteiger partial charge in [-0.05, 0) is 68.5 Å². The fourth-order valence-electron chi connectivity index (χ4n) is 4.64. The Labute approximate surface area is 174 Å². The molecule has 0 unspecified atom stereocenters. The van der Waals surface area contributed by atoms with Gasteiger partial charge in [0, 0.05) is 37.7 Å². The predicted octanol–water partition coefficient (Wildman–Crippen LogP) is 4.30. The SMILES string of the molecule is Cc1cc(C)c(-c2ccc(N3CCN(C(=O)C4CCCCC4)CC3)nn2)cc1C. The highest BCUT2D eigenvalue weighted by atomic mass is 16.2. The molecule has 0 radical (unpaired) electrons. The molecule has 1 saturated heterocycles. The van der Waals surface area contributed by atoms with Crippen molar-refractivity contribution in [2.24, 2.45) is 5.92 Å².